The number of alkyl halides is 3. The van der Waals surface area contributed by atoms with Crippen LogP contribution in [-0.2, 0) is 15.7 Å². The molecule has 186 valence electrons. The molecule has 0 bridgehead atoms. The third-order valence-electron chi connectivity index (χ3n) is 6.52. The molecule has 35 heavy (non-hydrogen) atoms. The molecule has 3 aromatic rings. The zero-order valence-electron chi connectivity index (χ0n) is 20.3. The maximum atomic E-state index is 13.0. The fraction of sp³-hybridized carbons (Fsp3) is 0.407. The largest absolute Gasteiger partial charge is 0.466 e. The number of carbonyl (C=O) groups is 1. The highest BCUT2D eigenvalue weighted by Crippen LogP contribution is 2.46. The van der Waals surface area contributed by atoms with Crippen LogP contribution in [-0.4, -0.2) is 22.6 Å². The van der Waals surface area contributed by atoms with Gasteiger partial charge in [-0.2, -0.15) is 13.2 Å². The molecule has 1 aliphatic carbocycles. The van der Waals surface area contributed by atoms with Crippen LogP contribution >= 0.6 is 0 Å². The number of benzene rings is 2. The number of esters is 1. The van der Waals surface area contributed by atoms with Crippen LogP contribution in [0, 0.1) is 11.3 Å². The van der Waals surface area contributed by atoms with Crippen molar-refractivity contribution in [1.82, 2.24) is 9.55 Å². The Kier molecular flexibility index (Phi) is 6.66. The Labute approximate surface area is 203 Å². The fourth-order valence-corrected chi connectivity index (χ4v) is 5.27. The van der Waals surface area contributed by atoms with E-state index in [1.54, 1.807) is 6.08 Å². The van der Waals surface area contributed by atoms with Crippen LogP contribution < -0.4 is 5.32 Å². The van der Waals surface area contributed by atoms with Crippen molar-refractivity contribution in [2.24, 2.45) is 11.3 Å². The molecule has 2 aromatic carbocycles. The van der Waals surface area contributed by atoms with E-state index in [0.717, 1.165) is 48.0 Å². The van der Waals surface area contributed by atoms with Gasteiger partial charge in [-0.15, -0.1) is 0 Å². The summed E-state index contributed by atoms with van der Waals surface area (Å²) in [7, 11) is 1.32. The molecule has 2 atom stereocenters. The average Bonchev–Trinajstić information content (AvgIpc) is 3.12. The predicted molar refractivity (Wildman–Crippen MR) is 131 cm³/mol. The SMILES string of the molecule is COC(=O)/C=C/c1ccc2c(c1)nc(Nc1ccc(C(F)(F)F)cc1)n2C1C[C@H](C)CC(C)(C)C1. The van der Waals surface area contributed by atoms with Crippen molar-refractivity contribution >= 4 is 34.7 Å². The van der Waals surface area contributed by atoms with Crippen molar-refractivity contribution in [2.45, 2.75) is 52.3 Å². The Hall–Kier alpha value is -3.29. The van der Waals surface area contributed by atoms with Gasteiger partial charge in [0.1, 0.15) is 0 Å². The van der Waals surface area contributed by atoms with Gasteiger partial charge in [0.2, 0.25) is 5.95 Å². The monoisotopic (exact) mass is 485 g/mol. The third kappa shape index (κ3) is 5.69. The fourth-order valence-electron chi connectivity index (χ4n) is 5.27. The standard InChI is InChI=1S/C27H30F3N3O2/c1-17-13-21(16-26(2,3)15-17)33-23-11-5-18(6-12-24(34)35-4)14-22(23)32-25(33)31-20-9-7-19(8-10-20)27(28,29)30/h5-12,14,17,21H,13,15-16H2,1-4H3,(H,31,32)/b12-6+/t17-,21?/m0/s1. The lowest BCUT2D eigenvalue weighted by Gasteiger charge is -2.40. The molecule has 1 aromatic heterocycles. The lowest BCUT2D eigenvalue weighted by atomic mass is 9.70. The molecular formula is C27H30F3N3O2. The summed E-state index contributed by atoms with van der Waals surface area (Å²) < 4.78 is 45.9. The molecule has 1 fully saturated rings. The van der Waals surface area contributed by atoms with E-state index in [9.17, 15) is 18.0 Å². The minimum atomic E-state index is -4.39. The Balaban J connectivity index is 1.75. The van der Waals surface area contributed by atoms with Gasteiger partial charge in [0.05, 0.1) is 23.7 Å². The van der Waals surface area contributed by atoms with Gasteiger partial charge in [-0.05, 0) is 78.6 Å². The number of imidazole rings is 1. The van der Waals surface area contributed by atoms with E-state index < -0.39 is 17.7 Å². The number of anilines is 2. The molecule has 8 heteroatoms. The molecule has 4 rings (SSSR count). The van der Waals surface area contributed by atoms with Crippen LogP contribution in [0.1, 0.15) is 57.2 Å². The summed E-state index contributed by atoms with van der Waals surface area (Å²) in [5.74, 6) is 0.671. The van der Waals surface area contributed by atoms with E-state index in [1.807, 2.05) is 18.2 Å². The van der Waals surface area contributed by atoms with Crippen molar-refractivity contribution in [3.63, 3.8) is 0 Å². The minimum absolute atomic E-state index is 0.160. The van der Waals surface area contributed by atoms with E-state index in [1.165, 1.54) is 25.3 Å². The quantitative estimate of drug-likeness (QED) is 0.303. The molecule has 0 radical (unpaired) electrons. The lowest BCUT2D eigenvalue weighted by Crippen LogP contribution is -2.29. The van der Waals surface area contributed by atoms with Crippen molar-refractivity contribution in [1.29, 1.82) is 0 Å². The van der Waals surface area contributed by atoms with E-state index in [0.29, 0.717) is 17.6 Å². The number of methoxy groups -OCH3 is 1. The molecular weight excluding hydrogens is 455 g/mol. The molecule has 1 saturated carbocycles. The first kappa shape index (κ1) is 24.8. The average molecular weight is 486 g/mol. The molecule has 1 heterocycles. The molecule has 0 amide bonds. The van der Waals surface area contributed by atoms with Crippen LogP contribution in [0.25, 0.3) is 17.1 Å². The highest BCUT2D eigenvalue weighted by atomic mass is 19.4. The van der Waals surface area contributed by atoms with E-state index in [2.05, 4.69) is 35.4 Å². The highest BCUT2D eigenvalue weighted by Gasteiger charge is 2.35. The summed E-state index contributed by atoms with van der Waals surface area (Å²) in [6.07, 6.45) is 1.73. The molecule has 1 aliphatic rings. The van der Waals surface area contributed by atoms with Gasteiger partial charge in [0.15, 0.2) is 0 Å². The van der Waals surface area contributed by atoms with Gasteiger partial charge < -0.3 is 14.6 Å². The van der Waals surface area contributed by atoms with Gasteiger partial charge in [0, 0.05) is 17.8 Å². The first-order chi connectivity index (χ1) is 16.4. The van der Waals surface area contributed by atoms with Crippen LogP contribution in [0.2, 0.25) is 0 Å². The van der Waals surface area contributed by atoms with Gasteiger partial charge in [-0.1, -0.05) is 26.8 Å². The first-order valence-corrected chi connectivity index (χ1v) is 11.7. The number of nitrogens with one attached hydrogen (secondary N) is 1. The summed E-state index contributed by atoms with van der Waals surface area (Å²) in [5.41, 5.74) is 2.47. The van der Waals surface area contributed by atoms with Crippen LogP contribution in [0.3, 0.4) is 0 Å². The summed E-state index contributed by atoms with van der Waals surface area (Å²) >= 11 is 0. The normalized spacial score (nSPS) is 20.3. The molecule has 0 spiro atoms. The Morgan fingerprint density at radius 2 is 1.89 bits per heavy atom. The predicted octanol–water partition coefficient (Wildman–Crippen LogP) is 7.37. The van der Waals surface area contributed by atoms with Crippen molar-refractivity contribution in [2.75, 3.05) is 12.4 Å². The number of hydrogen-bond acceptors (Lipinski definition) is 4. The zero-order chi connectivity index (χ0) is 25.4. The summed E-state index contributed by atoms with van der Waals surface area (Å²) in [5, 5.41) is 3.25. The molecule has 5 nitrogen and oxygen atoms in total. The Morgan fingerprint density at radius 1 is 1.17 bits per heavy atom. The Morgan fingerprint density at radius 3 is 2.51 bits per heavy atom. The molecule has 1 N–H and O–H groups in total. The molecule has 1 unspecified atom stereocenters. The van der Waals surface area contributed by atoms with Gasteiger partial charge >= 0.3 is 12.1 Å². The number of ether oxygens (including phenoxy) is 1. The van der Waals surface area contributed by atoms with Gasteiger partial charge in [-0.3, -0.25) is 0 Å². The van der Waals surface area contributed by atoms with Crippen molar-refractivity contribution < 1.29 is 22.7 Å². The van der Waals surface area contributed by atoms with E-state index >= 15 is 0 Å². The van der Waals surface area contributed by atoms with Gasteiger partial charge in [-0.25, -0.2) is 9.78 Å². The number of nitrogens with zero attached hydrogens (tertiary/aromatic N) is 2. The van der Waals surface area contributed by atoms with E-state index in [-0.39, 0.29) is 11.5 Å². The highest BCUT2D eigenvalue weighted by molar-refractivity contribution is 5.88. The van der Waals surface area contributed by atoms with Crippen molar-refractivity contribution in [3.8, 4) is 0 Å². The summed E-state index contributed by atoms with van der Waals surface area (Å²) in [4.78, 5) is 16.3. The van der Waals surface area contributed by atoms with Crippen LogP contribution in [0.15, 0.2) is 48.5 Å². The van der Waals surface area contributed by atoms with Crippen LogP contribution in [0.5, 0.6) is 0 Å². The number of fused-ring (bicyclic) bond motifs is 1. The van der Waals surface area contributed by atoms with Crippen LogP contribution in [0.4, 0.5) is 24.8 Å². The topological polar surface area (TPSA) is 56.1 Å². The third-order valence-corrected chi connectivity index (χ3v) is 6.52. The number of halogens is 3. The lowest BCUT2D eigenvalue weighted by molar-refractivity contribution is -0.137. The first-order valence-electron chi connectivity index (χ1n) is 11.7. The second-order valence-electron chi connectivity index (χ2n) is 10.2. The smallest absolute Gasteiger partial charge is 0.416 e. The Bertz CT molecular complexity index is 1240. The zero-order valence-corrected chi connectivity index (χ0v) is 20.3. The maximum Gasteiger partial charge on any atom is 0.416 e. The summed E-state index contributed by atoms with van der Waals surface area (Å²) in [6, 6.07) is 10.9. The second kappa shape index (κ2) is 9.40. The number of aromatic nitrogens is 2. The second-order valence-corrected chi connectivity index (χ2v) is 10.2. The number of hydrogen-bond donors (Lipinski definition) is 1. The molecule has 0 saturated heterocycles. The molecule has 0 aliphatic heterocycles. The summed E-state index contributed by atoms with van der Waals surface area (Å²) in [6.45, 7) is 6.80. The van der Waals surface area contributed by atoms with E-state index in [4.69, 9.17) is 4.98 Å². The maximum absolute atomic E-state index is 13.0. The minimum Gasteiger partial charge on any atom is -0.466 e. The number of rotatable bonds is 5. The number of carbonyl (C=O) groups excluding carboxylic acids is 1. The van der Waals surface area contributed by atoms with Crippen molar-refractivity contribution in [3.05, 3.63) is 59.7 Å². The van der Waals surface area contributed by atoms with Gasteiger partial charge in [0.25, 0.3) is 0 Å².